The number of rotatable bonds is 6. The summed E-state index contributed by atoms with van der Waals surface area (Å²) in [7, 11) is 0. The van der Waals surface area contributed by atoms with E-state index in [2.05, 4.69) is 0 Å². The third-order valence-electron chi connectivity index (χ3n) is 3.99. The fourth-order valence-electron chi connectivity index (χ4n) is 2.48. The Bertz CT molecular complexity index is 682. The number of aryl methyl sites for hydroxylation is 1. The smallest absolute Gasteiger partial charge is 0.233 e. The molecule has 2 aromatic carbocycles. The van der Waals surface area contributed by atoms with E-state index in [1.807, 2.05) is 42.2 Å². The van der Waals surface area contributed by atoms with E-state index in [9.17, 15) is 9.18 Å². The minimum atomic E-state index is -0.239. The lowest BCUT2D eigenvalue weighted by molar-refractivity contribution is -0.129. The van der Waals surface area contributed by atoms with Gasteiger partial charge in [0.1, 0.15) is 5.82 Å². The molecule has 1 amide bonds. The predicted octanol–water partition coefficient (Wildman–Crippen LogP) is 4.42. The zero-order valence-corrected chi connectivity index (χ0v) is 14.0. The van der Waals surface area contributed by atoms with Crippen molar-refractivity contribution in [1.29, 1.82) is 0 Å². The number of thioether (sulfide) groups is 1. The molecule has 4 heteroatoms. The summed E-state index contributed by atoms with van der Waals surface area (Å²) in [4.78, 5) is 15.5. The number of nitrogens with zero attached hydrogens (tertiary/aromatic N) is 1. The minimum absolute atomic E-state index is 0.0846. The molecule has 1 aliphatic rings. The Hall–Kier alpha value is -1.81. The molecule has 0 aromatic heterocycles. The van der Waals surface area contributed by atoms with Gasteiger partial charge in [-0.3, -0.25) is 4.79 Å². The van der Waals surface area contributed by atoms with Gasteiger partial charge in [-0.2, -0.15) is 0 Å². The Morgan fingerprint density at radius 2 is 1.87 bits per heavy atom. The average molecular weight is 329 g/mol. The molecule has 2 aromatic rings. The van der Waals surface area contributed by atoms with Crippen molar-refractivity contribution in [3.05, 3.63) is 65.5 Å². The molecule has 0 saturated heterocycles. The van der Waals surface area contributed by atoms with Crippen LogP contribution in [0.25, 0.3) is 0 Å². The van der Waals surface area contributed by atoms with Crippen LogP contribution in [0.3, 0.4) is 0 Å². The number of hydrogen-bond acceptors (Lipinski definition) is 2. The van der Waals surface area contributed by atoms with Gasteiger partial charge in [0.25, 0.3) is 0 Å². The van der Waals surface area contributed by atoms with Crippen LogP contribution in [0.5, 0.6) is 0 Å². The largest absolute Gasteiger partial charge is 0.335 e. The molecule has 2 nitrogen and oxygen atoms in total. The molecule has 0 heterocycles. The highest BCUT2D eigenvalue weighted by molar-refractivity contribution is 8.00. The number of amides is 1. The average Bonchev–Trinajstić information content (AvgIpc) is 3.38. The Balaban J connectivity index is 1.63. The van der Waals surface area contributed by atoms with E-state index < -0.39 is 0 Å². The first-order chi connectivity index (χ1) is 11.1. The maximum absolute atomic E-state index is 13.8. The lowest BCUT2D eigenvalue weighted by atomic mass is 10.2. The first kappa shape index (κ1) is 16.1. The first-order valence-corrected chi connectivity index (χ1v) is 8.84. The summed E-state index contributed by atoms with van der Waals surface area (Å²) in [6.07, 6.45) is 2.05. The summed E-state index contributed by atoms with van der Waals surface area (Å²) >= 11 is 1.54. The summed E-state index contributed by atoms with van der Waals surface area (Å²) < 4.78 is 13.8. The van der Waals surface area contributed by atoms with Crippen LogP contribution >= 0.6 is 11.8 Å². The highest BCUT2D eigenvalue weighted by atomic mass is 32.2. The standard InChI is InChI=1S/C19H20FNOS/c1-14-6-10-17(11-7-14)23-13-19(22)21(16-8-9-16)12-15-4-2-3-5-18(15)20/h2-7,10-11,16H,8-9,12-13H2,1H3. The highest BCUT2D eigenvalue weighted by Gasteiger charge is 2.32. The number of carbonyl (C=O) groups excluding carboxylic acids is 1. The van der Waals surface area contributed by atoms with Crippen molar-refractivity contribution in [2.75, 3.05) is 5.75 Å². The van der Waals surface area contributed by atoms with Crippen LogP contribution in [0, 0.1) is 12.7 Å². The summed E-state index contributed by atoms with van der Waals surface area (Å²) in [5, 5.41) is 0. The Kier molecular flexibility index (Phi) is 5.01. The van der Waals surface area contributed by atoms with Crippen LogP contribution in [0.2, 0.25) is 0 Å². The third kappa shape index (κ3) is 4.35. The molecule has 0 bridgehead atoms. The molecule has 1 aliphatic carbocycles. The van der Waals surface area contributed by atoms with Crippen molar-refractivity contribution in [3.8, 4) is 0 Å². The monoisotopic (exact) mass is 329 g/mol. The van der Waals surface area contributed by atoms with E-state index in [-0.39, 0.29) is 17.8 Å². The lowest BCUT2D eigenvalue weighted by Crippen LogP contribution is -2.34. The lowest BCUT2D eigenvalue weighted by Gasteiger charge is -2.22. The van der Waals surface area contributed by atoms with E-state index in [1.165, 1.54) is 11.6 Å². The third-order valence-corrected chi connectivity index (χ3v) is 4.99. The van der Waals surface area contributed by atoms with Crippen LogP contribution in [-0.2, 0) is 11.3 Å². The number of halogens is 1. The Labute approximate surface area is 140 Å². The highest BCUT2D eigenvalue weighted by Crippen LogP contribution is 2.30. The second-order valence-corrected chi connectivity index (χ2v) is 6.99. The maximum Gasteiger partial charge on any atom is 0.233 e. The maximum atomic E-state index is 13.8. The molecule has 1 saturated carbocycles. The molecule has 0 radical (unpaired) electrons. The molecule has 0 atom stereocenters. The molecule has 1 fully saturated rings. The fraction of sp³-hybridized carbons (Fsp3) is 0.316. The van der Waals surface area contributed by atoms with Gasteiger partial charge in [-0.1, -0.05) is 35.9 Å². The van der Waals surface area contributed by atoms with Crippen molar-refractivity contribution in [3.63, 3.8) is 0 Å². The van der Waals surface area contributed by atoms with Crippen LogP contribution in [0.4, 0.5) is 4.39 Å². The van der Waals surface area contributed by atoms with Crippen LogP contribution in [-0.4, -0.2) is 22.6 Å². The van der Waals surface area contributed by atoms with E-state index in [0.29, 0.717) is 17.9 Å². The van der Waals surface area contributed by atoms with Gasteiger partial charge in [0.15, 0.2) is 0 Å². The van der Waals surface area contributed by atoms with Gasteiger partial charge in [-0.25, -0.2) is 4.39 Å². The van der Waals surface area contributed by atoms with Crippen LogP contribution < -0.4 is 0 Å². The Morgan fingerprint density at radius 3 is 2.52 bits per heavy atom. The normalized spacial score (nSPS) is 13.8. The molecule has 23 heavy (non-hydrogen) atoms. The second kappa shape index (κ2) is 7.18. The van der Waals surface area contributed by atoms with Gasteiger partial charge in [-0.15, -0.1) is 11.8 Å². The molecule has 120 valence electrons. The van der Waals surface area contributed by atoms with Crippen LogP contribution in [0.15, 0.2) is 53.4 Å². The van der Waals surface area contributed by atoms with Crippen molar-refractivity contribution >= 4 is 17.7 Å². The van der Waals surface area contributed by atoms with E-state index in [0.717, 1.165) is 17.7 Å². The SMILES string of the molecule is Cc1ccc(SCC(=O)N(Cc2ccccc2F)C2CC2)cc1. The molecule has 0 aliphatic heterocycles. The second-order valence-electron chi connectivity index (χ2n) is 5.95. The number of benzene rings is 2. The van der Waals surface area contributed by atoms with Gasteiger partial charge < -0.3 is 4.90 Å². The minimum Gasteiger partial charge on any atom is -0.335 e. The van der Waals surface area contributed by atoms with Gasteiger partial charge in [0.05, 0.1) is 5.75 Å². The molecule has 3 rings (SSSR count). The molecule has 0 unspecified atom stereocenters. The van der Waals surface area contributed by atoms with Gasteiger partial charge in [0.2, 0.25) is 5.91 Å². The Morgan fingerprint density at radius 1 is 1.17 bits per heavy atom. The van der Waals surface area contributed by atoms with E-state index >= 15 is 0 Å². The zero-order chi connectivity index (χ0) is 16.2. The summed E-state index contributed by atoms with van der Waals surface area (Å²) in [6, 6.07) is 15.1. The molecular formula is C19H20FNOS. The summed E-state index contributed by atoms with van der Waals surface area (Å²) in [6.45, 7) is 2.41. The zero-order valence-electron chi connectivity index (χ0n) is 13.2. The molecule has 0 N–H and O–H groups in total. The predicted molar refractivity (Wildman–Crippen MR) is 91.9 cm³/mol. The molecular weight excluding hydrogens is 309 g/mol. The van der Waals surface area contributed by atoms with E-state index in [4.69, 9.17) is 0 Å². The van der Waals surface area contributed by atoms with Gasteiger partial charge in [-0.05, 0) is 38.0 Å². The topological polar surface area (TPSA) is 20.3 Å². The van der Waals surface area contributed by atoms with E-state index in [1.54, 1.807) is 23.9 Å². The van der Waals surface area contributed by atoms with Crippen molar-refractivity contribution in [2.24, 2.45) is 0 Å². The van der Waals surface area contributed by atoms with Crippen molar-refractivity contribution in [1.82, 2.24) is 4.90 Å². The van der Waals surface area contributed by atoms with Gasteiger partial charge >= 0.3 is 0 Å². The summed E-state index contributed by atoms with van der Waals surface area (Å²) in [5.41, 5.74) is 1.80. The summed E-state index contributed by atoms with van der Waals surface area (Å²) in [5.74, 6) is 0.243. The number of hydrogen-bond donors (Lipinski definition) is 0. The van der Waals surface area contributed by atoms with Crippen molar-refractivity contribution < 1.29 is 9.18 Å². The molecule has 0 spiro atoms. The van der Waals surface area contributed by atoms with Gasteiger partial charge in [0, 0.05) is 23.0 Å². The quantitative estimate of drug-likeness (QED) is 0.731. The number of carbonyl (C=O) groups is 1. The van der Waals surface area contributed by atoms with Crippen LogP contribution in [0.1, 0.15) is 24.0 Å². The fourth-order valence-corrected chi connectivity index (χ4v) is 3.26. The first-order valence-electron chi connectivity index (χ1n) is 7.86. The van der Waals surface area contributed by atoms with Crippen molar-refractivity contribution in [2.45, 2.75) is 37.2 Å².